The van der Waals surface area contributed by atoms with E-state index >= 15 is 0 Å². The third-order valence-corrected chi connectivity index (χ3v) is 15.4. The molecule has 0 bridgehead atoms. The van der Waals surface area contributed by atoms with Crippen molar-refractivity contribution in [3.8, 4) is 0 Å². The second-order valence-electron chi connectivity index (χ2n) is 23.9. The van der Waals surface area contributed by atoms with Crippen molar-refractivity contribution in [1.29, 1.82) is 0 Å². The summed E-state index contributed by atoms with van der Waals surface area (Å²) in [6, 6.07) is 90.8. The maximum absolute atomic E-state index is 13.4. The van der Waals surface area contributed by atoms with Crippen molar-refractivity contribution in [3.63, 3.8) is 0 Å². The Morgan fingerprint density at radius 1 is 0.212 bits per heavy atom. The van der Waals surface area contributed by atoms with E-state index in [0.717, 1.165) is 28.4 Å². The van der Waals surface area contributed by atoms with E-state index in [-0.39, 0.29) is 28.8 Å². The van der Waals surface area contributed by atoms with Gasteiger partial charge in [-0.15, -0.1) is 0 Å². The molecule has 10 aromatic carbocycles. The standard InChI is InChI=1S/C19H15ClN2O.C19H15FN2O.2C18H12F2N2O.C18H14N2O/c2*1-14-2-6-16(7-3-14)21-12-18-10-11-19(23-18)13-22-17-8-4-15(20)5-9-17;19-13-3-1-5-15(9-13)21-11-17-7-8-18(23-17)12-22-16-6-2-4-14(20)10-16;19-15-5-1-3-7-17(15)21-11-13-9-10-14(23-13)12-22-18-8-4-2-6-16(18)20;1-3-7-15(8-4-1)19-13-17-11-12-18(21-17)14-20-16-9-5-2-6-10-16/h2*2-13H,1H3;2*1-12H;1-14H. The average Bonchev–Trinajstić information content (AvgIpc) is 1.79. The lowest BCUT2D eigenvalue weighted by atomic mass is 10.2. The van der Waals surface area contributed by atoms with Gasteiger partial charge in [0.25, 0.3) is 0 Å². The number of rotatable bonds is 20. The van der Waals surface area contributed by atoms with E-state index in [4.69, 9.17) is 33.7 Å². The van der Waals surface area contributed by atoms with Crippen molar-refractivity contribution < 1.29 is 44.0 Å². The Kier molecular flexibility index (Phi) is 29.5. The molecule has 558 valence electrons. The van der Waals surface area contributed by atoms with E-state index in [2.05, 4.69) is 49.9 Å². The van der Waals surface area contributed by atoms with Gasteiger partial charge in [0, 0.05) is 5.02 Å². The Morgan fingerprint density at radius 3 is 0.726 bits per heavy atom. The molecule has 5 heterocycles. The van der Waals surface area contributed by atoms with Crippen LogP contribution in [0.1, 0.15) is 68.7 Å². The molecule has 0 amide bonds. The highest BCUT2D eigenvalue weighted by molar-refractivity contribution is 6.30. The molecular weight excluding hydrogens is 1460 g/mol. The van der Waals surface area contributed by atoms with E-state index in [1.54, 1.807) is 146 Å². The number of aryl methyl sites for hydroxylation is 2. The highest BCUT2D eigenvalue weighted by Gasteiger charge is 2.06. The molecule has 0 unspecified atom stereocenters. The number of aliphatic imine (C=N–C) groups is 10. The van der Waals surface area contributed by atoms with Gasteiger partial charge >= 0.3 is 0 Å². The van der Waals surface area contributed by atoms with Crippen LogP contribution in [0, 0.1) is 42.9 Å². The third kappa shape index (κ3) is 27.8. The maximum Gasteiger partial charge on any atom is 0.148 e. The molecular formula is C92H68ClF5N10O5. The summed E-state index contributed by atoms with van der Waals surface area (Å²) >= 11 is 5.84. The first kappa shape index (κ1) is 79.3. The van der Waals surface area contributed by atoms with Crippen LogP contribution >= 0.6 is 11.6 Å². The van der Waals surface area contributed by atoms with Crippen LogP contribution in [0.3, 0.4) is 0 Å². The van der Waals surface area contributed by atoms with Crippen molar-refractivity contribution in [3.05, 3.63) is 418 Å². The molecule has 0 aliphatic carbocycles. The maximum atomic E-state index is 13.4. The number of nitrogens with zero attached hydrogens (tertiary/aromatic N) is 10. The normalized spacial score (nSPS) is 11.5. The second-order valence-corrected chi connectivity index (χ2v) is 24.4. The third-order valence-electron chi connectivity index (χ3n) is 15.2. The van der Waals surface area contributed by atoms with Crippen LogP contribution in [0.5, 0.6) is 0 Å². The van der Waals surface area contributed by atoms with E-state index in [1.807, 2.05) is 172 Å². The van der Waals surface area contributed by atoms with Crippen LogP contribution in [0.4, 0.5) is 78.8 Å². The molecule has 0 N–H and O–H groups in total. The summed E-state index contributed by atoms with van der Waals surface area (Å²) in [6.45, 7) is 4.08. The fraction of sp³-hybridized carbons (Fsp3) is 0.0217. The number of hydrogen-bond donors (Lipinski definition) is 0. The lowest BCUT2D eigenvalue weighted by molar-refractivity contribution is 0.553. The Hall–Kier alpha value is -14.8. The van der Waals surface area contributed by atoms with Crippen molar-refractivity contribution in [2.75, 3.05) is 0 Å². The van der Waals surface area contributed by atoms with Gasteiger partial charge < -0.3 is 22.1 Å². The lowest BCUT2D eigenvalue weighted by Crippen LogP contribution is -1.79. The quantitative estimate of drug-likeness (QED) is 0.0541. The largest absolute Gasteiger partial charge is 0.454 e. The molecule has 0 fully saturated rings. The number of halogens is 6. The molecule has 0 saturated heterocycles. The van der Waals surface area contributed by atoms with Gasteiger partial charge in [0.05, 0.1) is 119 Å². The van der Waals surface area contributed by atoms with Gasteiger partial charge in [-0.1, -0.05) is 120 Å². The van der Waals surface area contributed by atoms with Crippen LogP contribution in [0.15, 0.2) is 387 Å². The molecule has 5 aromatic heterocycles. The zero-order valence-corrected chi connectivity index (χ0v) is 61.3. The van der Waals surface area contributed by atoms with Gasteiger partial charge in [-0.05, 0) is 232 Å². The summed E-state index contributed by atoms with van der Waals surface area (Å²) in [7, 11) is 0. The summed E-state index contributed by atoms with van der Waals surface area (Å²) in [6.07, 6.45) is 15.9. The Morgan fingerprint density at radius 2 is 0.442 bits per heavy atom. The molecule has 0 atom stereocenters. The molecule has 0 aliphatic rings. The zero-order valence-electron chi connectivity index (χ0n) is 60.6. The Balaban J connectivity index is 0.000000140. The first-order chi connectivity index (χ1) is 55.2. The van der Waals surface area contributed by atoms with Crippen molar-refractivity contribution in [1.82, 2.24) is 0 Å². The van der Waals surface area contributed by atoms with Crippen molar-refractivity contribution in [2.45, 2.75) is 13.8 Å². The van der Waals surface area contributed by atoms with Crippen LogP contribution in [-0.4, -0.2) is 62.1 Å². The summed E-state index contributed by atoms with van der Waals surface area (Å²) in [5.74, 6) is 4.14. The fourth-order valence-electron chi connectivity index (χ4n) is 9.48. The van der Waals surface area contributed by atoms with Gasteiger partial charge in [-0.2, -0.15) is 0 Å². The minimum absolute atomic E-state index is 0.227. The van der Waals surface area contributed by atoms with Gasteiger partial charge in [-0.25, -0.2) is 31.9 Å². The highest BCUT2D eigenvalue weighted by Crippen LogP contribution is 2.24. The number of hydrogen-bond acceptors (Lipinski definition) is 15. The molecule has 15 aromatic rings. The molecule has 0 spiro atoms. The molecule has 0 radical (unpaired) electrons. The van der Waals surface area contributed by atoms with Crippen LogP contribution < -0.4 is 0 Å². The second kappa shape index (κ2) is 42.1. The molecule has 15 nitrogen and oxygen atoms in total. The van der Waals surface area contributed by atoms with Crippen LogP contribution in [0.25, 0.3) is 0 Å². The van der Waals surface area contributed by atoms with E-state index in [1.165, 1.54) is 84.5 Å². The van der Waals surface area contributed by atoms with Gasteiger partial charge in [0.15, 0.2) is 0 Å². The molecule has 21 heteroatoms. The molecule has 113 heavy (non-hydrogen) atoms. The van der Waals surface area contributed by atoms with E-state index < -0.39 is 11.6 Å². The summed E-state index contributed by atoms with van der Waals surface area (Å²) in [5, 5.41) is 0.691. The predicted molar refractivity (Wildman–Crippen MR) is 445 cm³/mol. The zero-order chi connectivity index (χ0) is 78.6. The van der Waals surface area contributed by atoms with Crippen LogP contribution in [0.2, 0.25) is 5.02 Å². The molecule has 0 saturated carbocycles. The average molecular weight is 1520 g/mol. The number of para-hydroxylation sites is 4. The first-order valence-electron chi connectivity index (χ1n) is 34.8. The Bertz CT molecular complexity index is 5320. The van der Waals surface area contributed by atoms with Gasteiger partial charge in [0.1, 0.15) is 86.7 Å². The SMILES string of the molecule is C(=Nc1ccccc1)c1ccc(C=Nc2ccccc2)o1.Cc1ccc(N=Cc2ccc(C=Nc3ccc(Cl)cc3)o2)cc1.Cc1ccc(N=Cc2ccc(C=Nc3ccc(F)cc3)o2)cc1.Fc1cccc(N=Cc2ccc(C=Nc3cccc(F)c3)o2)c1.Fc1ccccc1N=Cc1ccc(C=Nc2ccccc2F)o1. The summed E-state index contributed by atoms with van der Waals surface area (Å²) < 4.78 is 93.6. The minimum Gasteiger partial charge on any atom is -0.454 e. The van der Waals surface area contributed by atoms with Crippen molar-refractivity contribution in [2.24, 2.45) is 49.9 Å². The fourth-order valence-corrected chi connectivity index (χ4v) is 9.60. The highest BCUT2D eigenvalue weighted by atomic mass is 35.5. The summed E-state index contributed by atoms with van der Waals surface area (Å²) in [5.41, 5.74) is 8.89. The van der Waals surface area contributed by atoms with Crippen molar-refractivity contribution >= 4 is 131 Å². The topological polar surface area (TPSA) is 189 Å². The summed E-state index contributed by atoms with van der Waals surface area (Å²) in [4.78, 5) is 42.3. The lowest BCUT2D eigenvalue weighted by Gasteiger charge is -1.94. The smallest absolute Gasteiger partial charge is 0.148 e. The minimum atomic E-state index is -0.406. The number of furan rings is 5. The monoisotopic (exact) mass is 1520 g/mol. The van der Waals surface area contributed by atoms with Crippen LogP contribution in [-0.2, 0) is 0 Å². The van der Waals surface area contributed by atoms with E-state index in [9.17, 15) is 22.0 Å². The number of benzene rings is 10. The molecule has 0 aliphatic heterocycles. The van der Waals surface area contributed by atoms with E-state index in [0.29, 0.717) is 79.7 Å². The predicted octanol–water partition coefficient (Wildman–Crippen LogP) is 25.9. The first-order valence-corrected chi connectivity index (χ1v) is 35.2. The Labute approximate surface area is 653 Å². The van der Waals surface area contributed by atoms with Gasteiger partial charge in [-0.3, -0.25) is 39.9 Å². The van der Waals surface area contributed by atoms with Gasteiger partial charge in [0.2, 0.25) is 0 Å². The molecule has 15 rings (SSSR count).